The van der Waals surface area contributed by atoms with Crippen molar-refractivity contribution in [2.24, 2.45) is 0 Å². The topological polar surface area (TPSA) is 95.2 Å². The normalized spacial score (nSPS) is 10.8. The van der Waals surface area contributed by atoms with Crippen LogP contribution in [0.3, 0.4) is 0 Å². The maximum Gasteiger partial charge on any atom is 0.305 e. The predicted molar refractivity (Wildman–Crippen MR) is 101 cm³/mol. The Balaban J connectivity index is 1.89. The van der Waals surface area contributed by atoms with Crippen LogP contribution in [-0.4, -0.2) is 33.7 Å². The Morgan fingerprint density at radius 3 is 3.00 bits per heavy atom. The number of fused-ring (bicyclic) bond motifs is 1. The van der Waals surface area contributed by atoms with Gasteiger partial charge in [-0.05, 0) is 12.0 Å². The van der Waals surface area contributed by atoms with Gasteiger partial charge in [0.15, 0.2) is 0 Å². The standard InChI is InChI=1S/C17H15N3O4S2/c1-24-14(21)6-3-7-25-16-15-13(9-26-17(15)19-10-18-16)11-4-2-5-12(8-11)20(22)23/h2,4-5,8-10H,3,6-7H2,1H3. The molecule has 2 aromatic heterocycles. The van der Waals surface area contributed by atoms with Crippen LogP contribution in [0.4, 0.5) is 5.69 Å². The van der Waals surface area contributed by atoms with E-state index in [-0.39, 0.29) is 11.7 Å². The molecule has 7 nitrogen and oxygen atoms in total. The van der Waals surface area contributed by atoms with Crippen molar-refractivity contribution >= 4 is 45.0 Å². The van der Waals surface area contributed by atoms with Crippen molar-refractivity contribution in [2.75, 3.05) is 12.9 Å². The van der Waals surface area contributed by atoms with E-state index in [0.717, 1.165) is 26.4 Å². The smallest absolute Gasteiger partial charge is 0.305 e. The van der Waals surface area contributed by atoms with Gasteiger partial charge in [-0.15, -0.1) is 23.1 Å². The van der Waals surface area contributed by atoms with Crippen LogP contribution in [0.15, 0.2) is 41.0 Å². The first-order valence-corrected chi connectivity index (χ1v) is 9.63. The fraction of sp³-hybridized carbons (Fsp3) is 0.235. The average Bonchev–Trinajstić information content (AvgIpc) is 3.10. The Kier molecular flexibility index (Phi) is 5.79. The molecule has 26 heavy (non-hydrogen) atoms. The number of methoxy groups -OCH3 is 1. The van der Waals surface area contributed by atoms with E-state index in [0.29, 0.717) is 18.6 Å². The van der Waals surface area contributed by atoms with E-state index >= 15 is 0 Å². The first-order valence-electron chi connectivity index (χ1n) is 7.77. The van der Waals surface area contributed by atoms with Crippen LogP contribution in [0, 0.1) is 10.1 Å². The number of carbonyl (C=O) groups is 1. The third-order valence-electron chi connectivity index (χ3n) is 3.70. The number of esters is 1. The highest BCUT2D eigenvalue weighted by Gasteiger charge is 2.15. The summed E-state index contributed by atoms with van der Waals surface area (Å²) in [5.41, 5.74) is 1.69. The highest BCUT2D eigenvalue weighted by atomic mass is 32.2. The quantitative estimate of drug-likeness (QED) is 0.148. The average molecular weight is 389 g/mol. The largest absolute Gasteiger partial charge is 0.469 e. The number of nitrogens with zero attached hydrogens (tertiary/aromatic N) is 3. The molecule has 0 saturated carbocycles. The molecule has 3 rings (SSSR count). The molecule has 134 valence electrons. The van der Waals surface area contributed by atoms with Crippen molar-refractivity contribution in [2.45, 2.75) is 17.9 Å². The van der Waals surface area contributed by atoms with Gasteiger partial charge in [0.25, 0.3) is 5.69 Å². The molecular formula is C17H15N3O4S2. The molecule has 0 aliphatic carbocycles. The minimum Gasteiger partial charge on any atom is -0.469 e. The monoisotopic (exact) mass is 389 g/mol. The molecule has 0 aliphatic heterocycles. The molecule has 3 aromatic rings. The number of nitro benzene ring substituents is 1. The van der Waals surface area contributed by atoms with Crippen LogP contribution in [0.2, 0.25) is 0 Å². The number of hydrogen-bond acceptors (Lipinski definition) is 8. The molecule has 9 heteroatoms. The lowest BCUT2D eigenvalue weighted by Crippen LogP contribution is -2.00. The van der Waals surface area contributed by atoms with Gasteiger partial charge in [-0.25, -0.2) is 9.97 Å². The Morgan fingerprint density at radius 2 is 2.23 bits per heavy atom. The van der Waals surface area contributed by atoms with Gasteiger partial charge in [0.05, 0.1) is 17.4 Å². The molecule has 1 aromatic carbocycles. The molecule has 0 fully saturated rings. The third kappa shape index (κ3) is 4.00. The minimum absolute atomic E-state index is 0.0472. The van der Waals surface area contributed by atoms with Crippen molar-refractivity contribution in [1.29, 1.82) is 0 Å². The predicted octanol–water partition coefficient (Wildman–Crippen LogP) is 4.31. The molecule has 0 amide bonds. The maximum atomic E-state index is 11.2. The summed E-state index contributed by atoms with van der Waals surface area (Å²) in [6.07, 6.45) is 2.55. The molecule has 0 N–H and O–H groups in total. The zero-order chi connectivity index (χ0) is 18.5. The molecule has 0 spiro atoms. The second-order valence-corrected chi connectivity index (χ2v) is 7.29. The van der Waals surface area contributed by atoms with Gasteiger partial charge in [0.2, 0.25) is 0 Å². The highest BCUT2D eigenvalue weighted by molar-refractivity contribution is 7.99. The summed E-state index contributed by atoms with van der Waals surface area (Å²) in [4.78, 5) is 31.4. The molecule has 0 atom stereocenters. The van der Waals surface area contributed by atoms with E-state index in [9.17, 15) is 14.9 Å². The minimum atomic E-state index is -0.406. The molecular weight excluding hydrogens is 374 g/mol. The number of carbonyl (C=O) groups excluding carboxylic acids is 1. The number of nitro groups is 1. The Morgan fingerprint density at radius 1 is 1.38 bits per heavy atom. The fourth-order valence-electron chi connectivity index (χ4n) is 2.44. The molecule has 0 aliphatic rings. The summed E-state index contributed by atoms with van der Waals surface area (Å²) in [5.74, 6) is 0.483. The SMILES string of the molecule is COC(=O)CCCSc1ncnc2scc(-c3cccc([N+](=O)[O-])c3)c12. The number of aromatic nitrogens is 2. The van der Waals surface area contributed by atoms with Crippen molar-refractivity contribution in [3.8, 4) is 11.1 Å². The Labute approximate surface area is 157 Å². The summed E-state index contributed by atoms with van der Waals surface area (Å²) in [6, 6.07) is 6.54. The van der Waals surface area contributed by atoms with Crippen LogP contribution in [0.5, 0.6) is 0 Å². The highest BCUT2D eigenvalue weighted by Crippen LogP contribution is 2.38. The number of thiophene rings is 1. The molecule has 2 heterocycles. The van der Waals surface area contributed by atoms with Gasteiger partial charge in [-0.2, -0.15) is 0 Å². The molecule has 0 unspecified atom stereocenters. The van der Waals surface area contributed by atoms with Crippen LogP contribution >= 0.6 is 23.1 Å². The second-order valence-electron chi connectivity index (χ2n) is 5.34. The van der Waals surface area contributed by atoms with Crippen molar-refractivity contribution in [1.82, 2.24) is 9.97 Å². The van der Waals surface area contributed by atoms with Crippen molar-refractivity contribution < 1.29 is 14.5 Å². The van der Waals surface area contributed by atoms with E-state index in [1.165, 1.54) is 30.8 Å². The number of rotatable bonds is 7. The first kappa shape index (κ1) is 18.3. The summed E-state index contributed by atoms with van der Waals surface area (Å²) in [7, 11) is 1.38. The number of hydrogen-bond donors (Lipinski definition) is 0. The zero-order valence-corrected chi connectivity index (χ0v) is 15.5. The fourth-order valence-corrected chi connectivity index (χ4v) is 4.38. The van der Waals surface area contributed by atoms with E-state index in [4.69, 9.17) is 0 Å². The number of benzene rings is 1. The second kappa shape index (κ2) is 8.24. The number of non-ortho nitro benzene ring substituents is 1. The van der Waals surface area contributed by atoms with E-state index in [2.05, 4.69) is 14.7 Å². The molecule has 0 bridgehead atoms. The van der Waals surface area contributed by atoms with E-state index < -0.39 is 4.92 Å². The summed E-state index contributed by atoms with van der Waals surface area (Å²) < 4.78 is 4.64. The van der Waals surface area contributed by atoms with Gasteiger partial charge in [-0.1, -0.05) is 12.1 Å². The van der Waals surface area contributed by atoms with Crippen LogP contribution in [0.1, 0.15) is 12.8 Å². The molecule has 0 radical (unpaired) electrons. The Hall–Kier alpha value is -2.52. The van der Waals surface area contributed by atoms with Gasteiger partial charge >= 0.3 is 5.97 Å². The lowest BCUT2D eigenvalue weighted by molar-refractivity contribution is -0.384. The summed E-state index contributed by atoms with van der Waals surface area (Å²) >= 11 is 3.02. The maximum absolute atomic E-state index is 11.2. The van der Waals surface area contributed by atoms with Crippen LogP contribution in [-0.2, 0) is 9.53 Å². The summed E-state index contributed by atoms with van der Waals surface area (Å²) in [6.45, 7) is 0. The van der Waals surface area contributed by atoms with Crippen LogP contribution < -0.4 is 0 Å². The number of ether oxygens (including phenoxy) is 1. The van der Waals surface area contributed by atoms with Gasteiger partial charge < -0.3 is 4.74 Å². The van der Waals surface area contributed by atoms with Gasteiger partial charge in [-0.3, -0.25) is 14.9 Å². The van der Waals surface area contributed by atoms with E-state index in [1.54, 1.807) is 23.9 Å². The van der Waals surface area contributed by atoms with Gasteiger partial charge in [0, 0.05) is 35.2 Å². The van der Waals surface area contributed by atoms with Crippen molar-refractivity contribution in [3.63, 3.8) is 0 Å². The van der Waals surface area contributed by atoms with E-state index in [1.807, 2.05) is 11.4 Å². The number of thioether (sulfide) groups is 1. The first-order chi connectivity index (χ1) is 12.6. The third-order valence-corrected chi connectivity index (χ3v) is 5.66. The Bertz CT molecular complexity index is 958. The summed E-state index contributed by atoms with van der Waals surface area (Å²) in [5, 5.41) is 14.7. The lowest BCUT2D eigenvalue weighted by atomic mass is 10.1. The zero-order valence-electron chi connectivity index (χ0n) is 13.9. The lowest BCUT2D eigenvalue weighted by Gasteiger charge is -2.05. The van der Waals surface area contributed by atoms with Crippen molar-refractivity contribution in [3.05, 3.63) is 46.1 Å². The molecule has 0 saturated heterocycles. The van der Waals surface area contributed by atoms with Crippen LogP contribution in [0.25, 0.3) is 21.3 Å². The van der Waals surface area contributed by atoms with Gasteiger partial charge in [0.1, 0.15) is 16.2 Å².